The number of aliphatic hydroxyl groups excluding tert-OH is 1. The van der Waals surface area contributed by atoms with Crippen LogP contribution in [0.2, 0.25) is 0 Å². The van der Waals surface area contributed by atoms with Crippen LogP contribution < -0.4 is 15.7 Å². The fourth-order valence-corrected chi connectivity index (χ4v) is 4.21. The predicted molar refractivity (Wildman–Crippen MR) is 109 cm³/mol. The highest BCUT2D eigenvalue weighted by Gasteiger charge is 2.22. The van der Waals surface area contributed by atoms with E-state index < -0.39 is 0 Å². The van der Waals surface area contributed by atoms with Crippen molar-refractivity contribution in [2.75, 3.05) is 24.3 Å². The van der Waals surface area contributed by atoms with Crippen molar-refractivity contribution in [3.63, 3.8) is 0 Å². The molecule has 0 saturated carbocycles. The van der Waals surface area contributed by atoms with E-state index in [2.05, 4.69) is 10.3 Å². The number of ether oxygens (including phenoxy) is 1. The van der Waals surface area contributed by atoms with Gasteiger partial charge in [0.1, 0.15) is 10.8 Å². The van der Waals surface area contributed by atoms with Crippen molar-refractivity contribution in [2.45, 2.75) is 44.2 Å². The number of rotatable bonds is 9. The quantitative estimate of drug-likeness (QED) is 0.493. The predicted octanol–water partition coefficient (Wildman–Crippen LogP) is 2.24. The maximum absolute atomic E-state index is 12.4. The summed E-state index contributed by atoms with van der Waals surface area (Å²) in [5.41, 5.74) is 2.38. The number of hydrogen-bond acceptors (Lipinski definition) is 6. The molecule has 8 heteroatoms. The second kappa shape index (κ2) is 9.75. The highest BCUT2D eigenvalue weighted by Crippen LogP contribution is 2.30. The zero-order valence-electron chi connectivity index (χ0n) is 15.9. The molecule has 0 saturated heterocycles. The summed E-state index contributed by atoms with van der Waals surface area (Å²) in [5, 5.41) is 12.6. The average Bonchev–Trinajstić information content (AvgIpc) is 3.17. The molecule has 0 spiro atoms. The van der Waals surface area contributed by atoms with Gasteiger partial charge in [-0.3, -0.25) is 9.36 Å². The van der Waals surface area contributed by atoms with Crippen molar-refractivity contribution in [1.29, 1.82) is 0 Å². The van der Waals surface area contributed by atoms with E-state index in [1.165, 1.54) is 11.8 Å². The van der Waals surface area contributed by atoms with Crippen molar-refractivity contribution in [1.82, 2.24) is 9.55 Å². The molecule has 2 aromatic rings. The Morgan fingerprint density at radius 3 is 2.96 bits per heavy atom. The van der Waals surface area contributed by atoms with Crippen molar-refractivity contribution in [2.24, 2.45) is 0 Å². The number of nitrogens with zero attached hydrogens (tertiary/aromatic N) is 2. The first kappa shape index (κ1) is 20.4. The molecule has 0 bridgehead atoms. The number of amides is 1. The first-order valence-electron chi connectivity index (χ1n) is 9.52. The number of carbonyl (C=O) groups is 1. The fourth-order valence-electron chi connectivity index (χ4n) is 3.34. The monoisotopic (exact) mass is 403 g/mol. The second-order valence-corrected chi connectivity index (χ2v) is 7.44. The average molecular weight is 404 g/mol. The number of nitrogens with one attached hydrogen (secondary N) is 1. The van der Waals surface area contributed by atoms with E-state index in [0.717, 1.165) is 30.5 Å². The SMILES string of the molecule is CCOc1ccccc1NC(=O)CSc1nc(=O)n(CCCO)c2c1CCC2. The molecule has 150 valence electrons. The molecule has 1 aliphatic carbocycles. The lowest BCUT2D eigenvalue weighted by atomic mass is 10.2. The summed E-state index contributed by atoms with van der Waals surface area (Å²) in [6.45, 7) is 2.93. The molecule has 0 atom stereocenters. The molecule has 1 heterocycles. The van der Waals surface area contributed by atoms with E-state index in [4.69, 9.17) is 9.84 Å². The topological polar surface area (TPSA) is 93.5 Å². The van der Waals surface area contributed by atoms with Gasteiger partial charge in [0.05, 0.1) is 18.0 Å². The van der Waals surface area contributed by atoms with Crippen LogP contribution in [0.1, 0.15) is 31.0 Å². The highest BCUT2D eigenvalue weighted by atomic mass is 32.2. The Kier molecular flexibility index (Phi) is 7.11. The molecule has 0 fully saturated rings. The van der Waals surface area contributed by atoms with Gasteiger partial charge in [-0.25, -0.2) is 4.79 Å². The maximum atomic E-state index is 12.4. The minimum absolute atomic E-state index is 0.0428. The van der Waals surface area contributed by atoms with Gasteiger partial charge in [-0.2, -0.15) is 4.98 Å². The summed E-state index contributed by atoms with van der Waals surface area (Å²) in [6.07, 6.45) is 3.20. The largest absolute Gasteiger partial charge is 0.492 e. The van der Waals surface area contributed by atoms with Gasteiger partial charge in [-0.15, -0.1) is 0 Å². The molecule has 1 aliphatic rings. The van der Waals surface area contributed by atoms with Crippen LogP contribution in [0, 0.1) is 0 Å². The number of para-hydroxylation sites is 2. The van der Waals surface area contributed by atoms with Crippen LogP contribution in [0.15, 0.2) is 34.1 Å². The van der Waals surface area contributed by atoms with Gasteiger partial charge in [-0.1, -0.05) is 23.9 Å². The number of benzene rings is 1. The lowest BCUT2D eigenvalue weighted by Crippen LogP contribution is -2.28. The van der Waals surface area contributed by atoms with E-state index in [1.807, 2.05) is 25.1 Å². The Balaban J connectivity index is 1.70. The number of aromatic nitrogens is 2. The number of aliphatic hydroxyl groups is 1. The summed E-state index contributed by atoms with van der Waals surface area (Å²) in [7, 11) is 0. The minimum Gasteiger partial charge on any atom is -0.492 e. The third-order valence-electron chi connectivity index (χ3n) is 4.54. The Labute approximate surface area is 168 Å². The second-order valence-electron chi connectivity index (χ2n) is 6.47. The van der Waals surface area contributed by atoms with Gasteiger partial charge in [0, 0.05) is 24.4 Å². The summed E-state index contributed by atoms with van der Waals surface area (Å²) in [5.74, 6) is 0.629. The number of thioether (sulfide) groups is 1. The minimum atomic E-state index is -0.307. The lowest BCUT2D eigenvalue weighted by molar-refractivity contribution is -0.113. The third kappa shape index (κ3) is 4.74. The van der Waals surface area contributed by atoms with Crippen molar-refractivity contribution >= 4 is 23.4 Å². The summed E-state index contributed by atoms with van der Waals surface area (Å²) < 4.78 is 7.19. The molecule has 28 heavy (non-hydrogen) atoms. The first-order chi connectivity index (χ1) is 13.6. The lowest BCUT2D eigenvalue weighted by Gasteiger charge is -2.14. The van der Waals surface area contributed by atoms with Crippen LogP contribution in [0.4, 0.5) is 5.69 Å². The molecule has 3 rings (SSSR count). The van der Waals surface area contributed by atoms with Crippen LogP contribution in [0.3, 0.4) is 0 Å². The van der Waals surface area contributed by atoms with Crippen LogP contribution >= 0.6 is 11.8 Å². The number of fused-ring (bicyclic) bond motifs is 1. The zero-order valence-corrected chi connectivity index (χ0v) is 16.8. The molecule has 1 aromatic heterocycles. The summed E-state index contributed by atoms with van der Waals surface area (Å²) in [4.78, 5) is 29.0. The van der Waals surface area contributed by atoms with Gasteiger partial charge in [0.15, 0.2) is 0 Å². The van der Waals surface area contributed by atoms with Crippen LogP contribution in [0.5, 0.6) is 5.75 Å². The Morgan fingerprint density at radius 1 is 1.36 bits per heavy atom. The van der Waals surface area contributed by atoms with Gasteiger partial charge in [0.25, 0.3) is 0 Å². The Morgan fingerprint density at radius 2 is 2.18 bits per heavy atom. The number of carbonyl (C=O) groups excluding carboxylic acids is 1. The third-order valence-corrected chi connectivity index (χ3v) is 5.56. The number of anilines is 1. The van der Waals surface area contributed by atoms with Crippen molar-refractivity contribution in [3.05, 3.63) is 46.0 Å². The smallest absolute Gasteiger partial charge is 0.348 e. The van der Waals surface area contributed by atoms with Crippen LogP contribution in [0.25, 0.3) is 0 Å². The van der Waals surface area contributed by atoms with Crippen molar-refractivity contribution < 1.29 is 14.6 Å². The highest BCUT2D eigenvalue weighted by molar-refractivity contribution is 8.00. The molecular weight excluding hydrogens is 378 g/mol. The van der Waals surface area contributed by atoms with Gasteiger partial charge in [0.2, 0.25) is 5.91 Å². The van der Waals surface area contributed by atoms with Gasteiger partial charge < -0.3 is 15.2 Å². The molecule has 0 unspecified atom stereocenters. The Hall–Kier alpha value is -2.32. The summed E-state index contributed by atoms with van der Waals surface area (Å²) >= 11 is 1.29. The van der Waals surface area contributed by atoms with Crippen molar-refractivity contribution in [3.8, 4) is 5.75 Å². The van der Waals surface area contributed by atoms with E-state index in [9.17, 15) is 9.59 Å². The van der Waals surface area contributed by atoms with Crippen LogP contribution in [-0.2, 0) is 24.2 Å². The molecule has 1 aromatic carbocycles. The zero-order chi connectivity index (χ0) is 19.9. The van der Waals surface area contributed by atoms with E-state index in [0.29, 0.717) is 36.0 Å². The molecule has 2 N–H and O–H groups in total. The van der Waals surface area contributed by atoms with Gasteiger partial charge >= 0.3 is 5.69 Å². The normalized spacial score (nSPS) is 12.6. The first-order valence-corrected chi connectivity index (χ1v) is 10.5. The van der Waals surface area contributed by atoms with E-state index in [-0.39, 0.29) is 24.0 Å². The standard InChI is InChI=1S/C20H25N3O4S/c1-2-27-17-10-4-3-8-15(17)21-18(25)13-28-19-14-7-5-9-16(14)23(11-6-12-24)20(26)22-19/h3-4,8,10,24H,2,5-7,9,11-13H2,1H3,(H,21,25). The van der Waals surface area contributed by atoms with Gasteiger partial charge in [-0.05, 0) is 44.7 Å². The molecule has 0 aliphatic heterocycles. The van der Waals surface area contributed by atoms with Crippen LogP contribution in [-0.4, -0.2) is 39.5 Å². The molecular formula is C20H25N3O4S. The molecule has 7 nitrogen and oxygen atoms in total. The van der Waals surface area contributed by atoms with E-state index in [1.54, 1.807) is 10.6 Å². The Bertz CT molecular complexity index is 898. The van der Waals surface area contributed by atoms with E-state index >= 15 is 0 Å². The fraction of sp³-hybridized carbons (Fsp3) is 0.450. The molecule has 0 radical (unpaired) electrons. The maximum Gasteiger partial charge on any atom is 0.348 e. The number of hydrogen-bond donors (Lipinski definition) is 2. The summed E-state index contributed by atoms with van der Waals surface area (Å²) in [6, 6.07) is 7.30. The molecule has 1 amide bonds.